The van der Waals surface area contributed by atoms with Gasteiger partial charge in [-0.3, -0.25) is 0 Å². The molecule has 0 aliphatic heterocycles. The molecule has 1 unspecified atom stereocenters. The molecular formula is C13H17BrO3. The third-order valence-corrected chi connectivity index (χ3v) is 3.27. The third kappa shape index (κ3) is 4.77. The van der Waals surface area contributed by atoms with E-state index in [0.29, 0.717) is 24.7 Å². The van der Waals surface area contributed by atoms with Crippen LogP contribution >= 0.6 is 15.9 Å². The normalized spacial score (nSPS) is 11.9. The molecule has 0 heterocycles. The van der Waals surface area contributed by atoms with Crippen molar-refractivity contribution < 1.29 is 14.3 Å². The zero-order chi connectivity index (χ0) is 12.7. The first kappa shape index (κ1) is 14.0. The minimum absolute atomic E-state index is 0.298. The molecule has 0 N–H and O–H groups in total. The maximum atomic E-state index is 11.4. The summed E-state index contributed by atoms with van der Waals surface area (Å²) in [6.07, 6.45) is 0. The Hall–Kier alpha value is -1.03. The molecule has 0 aromatic heterocycles. The fraction of sp³-hybridized carbons (Fsp3) is 0.462. The molecule has 1 aromatic rings. The zero-order valence-electron chi connectivity index (χ0n) is 10.1. The molecule has 94 valence electrons. The molecule has 17 heavy (non-hydrogen) atoms. The first-order chi connectivity index (χ1) is 8.17. The molecule has 1 aromatic carbocycles. The number of carbonyl (C=O) groups is 1. The van der Waals surface area contributed by atoms with Crippen LogP contribution in [0.25, 0.3) is 0 Å². The minimum Gasteiger partial charge on any atom is -0.493 e. The molecule has 0 aliphatic carbocycles. The summed E-state index contributed by atoms with van der Waals surface area (Å²) in [6, 6.07) is 7.00. The number of rotatable bonds is 6. The number of halogens is 1. The van der Waals surface area contributed by atoms with Crippen LogP contribution in [0.2, 0.25) is 0 Å². The van der Waals surface area contributed by atoms with Crippen LogP contribution in [0.4, 0.5) is 0 Å². The minimum atomic E-state index is -0.298. The second-order valence-corrected chi connectivity index (χ2v) is 4.46. The molecule has 0 saturated carbocycles. The van der Waals surface area contributed by atoms with Gasteiger partial charge in [-0.2, -0.15) is 0 Å². The maximum Gasteiger partial charge on any atom is 0.338 e. The largest absolute Gasteiger partial charge is 0.493 e. The van der Waals surface area contributed by atoms with Gasteiger partial charge in [-0.05, 0) is 37.1 Å². The number of esters is 1. The first-order valence-corrected chi connectivity index (χ1v) is 6.75. The summed E-state index contributed by atoms with van der Waals surface area (Å²) < 4.78 is 10.5. The van der Waals surface area contributed by atoms with Crippen molar-refractivity contribution in [2.75, 3.05) is 18.5 Å². The highest BCUT2D eigenvalue weighted by Crippen LogP contribution is 2.14. The van der Waals surface area contributed by atoms with Crippen molar-refractivity contribution in [1.82, 2.24) is 0 Å². The van der Waals surface area contributed by atoms with E-state index < -0.39 is 0 Å². The lowest BCUT2D eigenvalue weighted by molar-refractivity contribution is 0.0526. The fourth-order valence-electron chi connectivity index (χ4n) is 1.18. The van der Waals surface area contributed by atoms with Crippen LogP contribution in [0.15, 0.2) is 24.3 Å². The molecule has 1 rings (SSSR count). The molecule has 0 bridgehead atoms. The van der Waals surface area contributed by atoms with Gasteiger partial charge in [-0.15, -0.1) is 0 Å². The van der Waals surface area contributed by atoms with E-state index in [9.17, 15) is 4.79 Å². The van der Waals surface area contributed by atoms with E-state index >= 15 is 0 Å². The predicted octanol–water partition coefficient (Wildman–Crippen LogP) is 3.27. The Labute approximate surface area is 110 Å². The lowest BCUT2D eigenvalue weighted by atomic mass is 10.2. The van der Waals surface area contributed by atoms with Gasteiger partial charge in [0.05, 0.1) is 18.8 Å². The van der Waals surface area contributed by atoms with Gasteiger partial charge < -0.3 is 9.47 Å². The number of ether oxygens (including phenoxy) is 2. The Kier molecular flexibility index (Phi) is 6.05. The number of hydrogen-bond donors (Lipinski definition) is 0. The Bertz CT molecular complexity index is 348. The Morgan fingerprint density at radius 1 is 1.35 bits per heavy atom. The van der Waals surface area contributed by atoms with Crippen LogP contribution in [0.3, 0.4) is 0 Å². The van der Waals surface area contributed by atoms with Gasteiger partial charge in [0.1, 0.15) is 5.75 Å². The van der Waals surface area contributed by atoms with Crippen molar-refractivity contribution in [2.45, 2.75) is 13.8 Å². The van der Waals surface area contributed by atoms with Gasteiger partial charge in [0.25, 0.3) is 0 Å². The second-order valence-electron chi connectivity index (χ2n) is 3.82. The van der Waals surface area contributed by atoms with Crippen molar-refractivity contribution in [1.29, 1.82) is 0 Å². The molecule has 0 saturated heterocycles. The highest BCUT2D eigenvalue weighted by atomic mass is 79.9. The van der Waals surface area contributed by atoms with E-state index in [0.717, 1.165) is 11.1 Å². The summed E-state index contributed by atoms with van der Waals surface area (Å²) in [5.41, 5.74) is 0.549. The highest BCUT2D eigenvalue weighted by Gasteiger charge is 2.06. The standard InChI is InChI=1S/C13H17BrO3/c1-3-16-13(15)11-4-6-12(7-5-11)17-9-10(2)8-14/h4-7,10H,3,8-9H2,1-2H3. The highest BCUT2D eigenvalue weighted by molar-refractivity contribution is 9.09. The van der Waals surface area contributed by atoms with Crippen LogP contribution in [-0.4, -0.2) is 24.5 Å². The van der Waals surface area contributed by atoms with Crippen LogP contribution in [0.1, 0.15) is 24.2 Å². The third-order valence-electron chi connectivity index (χ3n) is 2.16. The lowest BCUT2D eigenvalue weighted by Gasteiger charge is -2.10. The van der Waals surface area contributed by atoms with Crippen LogP contribution in [0, 0.1) is 5.92 Å². The Balaban J connectivity index is 2.53. The Morgan fingerprint density at radius 3 is 2.53 bits per heavy atom. The zero-order valence-corrected chi connectivity index (χ0v) is 11.7. The summed E-state index contributed by atoms with van der Waals surface area (Å²) in [5, 5.41) is 0.911. The summed E-state index contributed by atoms with van der Waals surface area (Å²) in [4.78, 5) is 11.4. The van der Waals surface area contributed by atoms with Crippen LogP contribution in [0.5, 0.6) is 5.75 Å². The molecule has 0 fully saturated rings. The van der Waals surface area contributed by atoms with Crippen LogP contribution < -0.4 is 4.74 Å². The molecule has 0 aliphatic rings. The van der Waals surface area contributed by atoms with E-state index in [1.165, 1.54) is 0 Å². The fourth-order valence-corrected chi connectivity index (χ4v) is 1.37. The van der Waals surface area contributed by atoms with Crippen molar-refractivity contribution in [3.05, 3.63) is 29.8 Å². The van der Waals surface area contributed by atoms with Crippen molar-refractivity contribution in [2.24, 2.45) is 5.92 Å². The van der Waals surface area contributed by atoms with Gasteiger partial charge in [-0.25, -0.2) is 4.79 Å². The summed E-state index contributed by atoms with van der Waals surface area (Å²) in [6.45, 7) is 4.93. The second kappa shape index (κ2) is 7.33. The molecule has 0 amide bonds. The summed E-state index contributed by atoms with van der Waals surface area (Å²) in [5.74, 6) is 0.929. The summed E-state index contributed by atoms with van der Waals surface area (Å²) >= 11 is 3.40. The first-order valence-electron chi connectivity index (χ1n) is 5.63. The average Bonchev–Trinajstić information content (AvgIpc) is 2.36. The quantitative estimate of drug-likeness (QED) is 0.597. The lowest BCUT2D eigenvalue weighted by Crippen LogP contribution is -2.09. The topological polar surface area (TPSA) is 35.5 Å². The molecule has 0 spiro atoms. The van der Waals surface area contributed by atoms with E-state index in [-0.39, 0.29) is 5.97 Å². The van der Waals surface area contributed by atoms with Gasteiger partial charge >= 0.3 is 5.97 Å². The number of hydrogen-bond acceptors (Lipinski definition) is 3. The van der Waals surface area contributed by atoms with Crippen molar-refractivity contribution in [3.63, 3.8) is 0 Å². The predicted molar refractivity (Wildman–Crippen MR) is 70.9 cm³/mol. The summed E-state index contributed by atoms with van der Waals surface area (Å²) in [7, 11) is 0. The molecule has 1 atom stereocenters. The van der Waals surface area contributed by atoms with Gasteiger partial charge in [-0.1, -0.05) is 22.9 Å². The maximum absolute atomic E-state index is 11.4. The molecule has 3 nitrogen and oxygen atoms in total. The monoisotopic (exact) mass is 300 g/mol. The number of benzene rings is 1. The molecular weight excluding hydrogens is 284 g/mol. The van der Waals surface area contributed by atoms with Gasteiger partial charge in [0, 0.05) is 5.33 Å². The van der Waals surface area contributed by atoms with Crippen LogP contribution in [-0.2, 0) is 4.74 Å². The Morgan fingerprint density at radius 2 is 2.00 bits per heavy atom. The average molecular weight is 301 g/mol. The number of alkyl halides is 1. The van der Waals surface area contributed by atoms with E-state index in [2.05, 4.69) is 22.9 Å². The van der Waals surface area contributed by atoms with E-state index in [1.54, 1.807) is 31.2 Å². The number of carbonyl (C=O) groups excluding carboxylic acids is 1. The molecule has 0 radical (unpaired) electrons. The van der Waals surface area contributed by atoms with Crippen molar-refractivity contribution in [3.8, 4) is 5.75 Å². The van der Waals surface area contributed by atoms with Gasteiger partial charge in [0.15, 0.2) is 0 Å². The van der Waals surface area contributed by atoms with Crippen molar-refractivity contribution >= 4 is 21.9 Å². The van der Waals surface area contributed by atoms with E-state index in [4.69, 9.17) is 9.47 Å². The SMILES string of the molecule is CCOC(=O)c1ccc(OCC(C)CBr)cc1. The molecule has 4 heteroatoms. The van der Waals surface area contributed by atoms with E-state index in [1.807, 2.05) is 0 Å². The smallest absolute Gasteiger partial charge is 0.338 e. The van der Waals surface area contributed by atoms with Gasteiger partial charge in [0.2, 0.25) is 0 Å².